The minimum absolute atomic E-state index is 0.177. The zero-order valence-electron chi connectivity index (χ0n) is 15.0. The summed E-state index contributed by atoms with van der Waals surface area (Å²) in [6, 6.07) is 10.7. The molecule has 2 amide bonds. The molecule has 0 unspecified atom stereocenters. The van der Waals surface area contributed by atoms with Crippen molar-refractivity contribution < 1.29 is 9.59 Å². The molecule has 8 nitrogen and oxygen atoms in total. The molecule has 2 aromatic heterocycles. The molecule has 0 aliphatic carbocycles. The normalized spacial score (nSPS) is 10.4. The largest absolute Gasteiger partial charge is 0.273 e. The van der Waals surface area contributed by atoms with Crippen molar-refractivity contribution in [2.45, 2.75) is 26.7 Å². The Hall–Kier alpha value is -3.73. The van der Waals surface area contributed by atoms with E-state index in [1.54, 1.807) is 28.8 Å². The number of carbonyl (C=O) groups excluding carboxylic acids is 2. The average Bonchev–Trinajstić information content (AvgIpc) is 3.09. The number of nitrogens with zero attached hydrogens (tertiary/aromatic N) is 4. The third kappa shape index (κ3) is 3.77. The number of amides is 2. The van der Waals surface area contributed by atoms with E-state index in [2.05, 4.69) is 27.0 Å². The van der Waals surface area contributed by atoms with Crippen LogP contribution in [0.3, 0.4) is 0 Å². The summed E-state index contributed by atoms with van der Waals surface area (Å²) in [7, 11) is 0. The molecule has 3 aromatic rings. The van der Waals surface area contributed by atoms with Crippen LogP contribution in [-0.2, 0) is 11.2 Å². The second-order valence-electron chi connectivity index (χ2n) is 6.03. The number of aromatic nitrogens is 3. The maximum Gasteiger partial charge on any atom is 0.269 e. The highest BCUT2D eigenvalue weighted by atomic mass is 16.2. The number of rotatable bonds is 4. The Labute approximate surface area is 155 Å². The summed E-state index contributed by atoms with van der Waals surface area (Å²) in [6.07, 6.45) is 2.09. The average molecular weight is 362 g/mol. The molecule has 1 aromatic carbocycles. The molecule has 0 atom stereocenters. The van der Waals surface area contributed by atoms with Gasteiger partial charge >= 0.3 is 0 Å². The topological polar surface area (TPSA) is 112 Å². The second kappa shape index (κ2) is 7.66. The molecular weight excluding hydrogens is 344 g/mol. The molecule has 0 aliphatic heterocycles. The fraction of sp³-hybridized carbons (Fsp3) is 0.211. The van der Waals surface area contributed by atoms with Crippen LogP contribution in [0.4, 0.5) is 0 Å². The van der Waals surface area contributed by atoms with Crippen LogP contribution in [0.25, 0.3) is 5.65 Å². The van der Waals surface area contributed by atoms with Crippen LogP contribution in [0.1, 0.15) is 39.3 Å². The molecule has 2 N–H and O–H groups in total. The van der Waals surface area contributed by atoms with Gasteiger partial charge < -0.3 is 0 Å². The van der Waals surface area contributed by atoms with E-state index >= 15 is 0 Å². The summed E-state index contributed by atoms with van der Waals surface area (Å²) in [4.78, 5) is 28.4. The lowest BCUT2D eigenvalue weighted by molar-refractivity contribution is -0.121. The number of aryl methyl sites for hydroxylation is 2. The maximum absolute atomic E-state index is 12.1. The van der Waals surface area contributed by atoms with E-state index in [4.69, 9.17) is 5.26 Å². The highest BCUT2D eigenvalue weighted by molar-refractivity contribution is 5.95. The Bertz CT molecular complexity index is 1050. The molecule has 0 saturated carbocycles. The minimum atomic E-state index is -0.375. The predicted octanol–water partition coefficient (Wildman–Crippen LogP) is 1.61. The number of hydrogen-bond donors (Lipinski definition) is 2. The highest BCUT2D eigenvalue weighted by Gasteiger charge is 2.15. The monoisotopic (exact) mass is 362 g/mol. The molecular formula is C19H18N6O2. The lowest BCUT2D eigenvalue weighted by Crippen LogP contribution is -2.41. The molecule has 27 heavy (non-hydrogen) atoms. The molecule has 0 bridgehead atoms. The van der Waals surface area contributed by atoms with Gasteiger partial charge in [-0.2, -0.15) is 10.4 Å². The molecule has 8 heteroatoms. The molecule has 0 saturated heterocycles. The van der Waals surface area contributed by atoms with E-state index in [9.17, 15) is 9.59 Å². The first kappa shape index (κ1) is 18.1. The number of carbonyl (C=O) groups is 2. The van der Waals surface area contributed by atoms with Gasteiger partial charge in [-0.15, -0.1) is 0 Å². The van der Waals surface area contributed by atoms with Crippen LogP contribution >= 0.6 is 0 Å². The fourth-order valence-corrected chi connectivity index (χ4v) is 2.84. The van der Waals surface area contributed by atoms with Gasteiger partial charge in [-0.25, -0.2) is 9.50 Å². The molecule has 0 aliphatic rings. The van der Waals surface area contributed by atoms with Gasteiger partial charge in [0.2, 0.25) is 5.91 Å². The van der Waals surface area contributed by atoms with Gasteiger partial charge in [0.25, 0.3) is 5.91 Å². The maximum atomic E-state index is 12.1. The molecule has 0 fully saturated rings. The molecule has 0 spiro atoms. The van der Waals surface area contributed by atoms with Gasteiger partial charge in [0, 0.05) is 23.4 Å². The van der Waals surface area contributed by atoms with Crippen molar-refractivity contribution in [2.75, 3.05) is 0 Å². The first-order valence-electron chi connectivity index (χ1n) is 8.39. The SMILES string of the molecule is Cc1nc2c(C#N)cnn2c(C)c1CCC(=O)NNC(=O)c1ccccc1. The van der Waals surface area contributed by atoms with Gasteiger partial charge in [-0.1, -0.05) is 18.2 Å². The summed E-state index contributed by atoms with van der Waals surface area (Å²) in [5, 5.41) is 13.3. The van der Waals surface area contributed by atoms with E-state index in [1.807, 2.05) is 19.9 Å². The molecule has 136 valence electrons. The van der Waals surface area contributed by atoms with E-state index in [0.717, 1.165) is 17.0 Å². The summed E-state index contributed by atoms with van der Waals surface area (Å²) in [5.41, 5.74) is 8.67. The summed E-state index contributed by atoms with van der Waals surface area (Å²) < 4.78 is 1.61. The van der Waals surface area contributed by atoms with Crippen molar-refractivity contribution in [3.63, 3.8) is 0 Å². The van der Waals surface area contributed by atoms with Crippen LogP contribution in [0.15, 0.2) is 36.5 Å². The second-order valence-corrected chi connectivity index (χ2v) is 6.03. The Kier molecular flexibility index (Phi) is 5.13. The lowest BCUT2D eigenvalue weighted by Gasteiger charge is -2.11. The Morgan fingerprint density at radius 1 is 1.19 bits per heavy atom. The number of hydrogen-bond acceptors (Lipinski definition) is 5. The quantitative estimate of drug-likeness (QED) is 0.685. The molecule has 3 rings (SSSR count). The first-order valence-corrected chi connectivity index (χ1v) is 8.39. The van der Waals surface area contributed by atoms with Crippen molar-refractivity contribution in [1.29, 1.82) is 5.26 Å². The number of nitrogens with one attached hydrogen (secondary N) is 2. The van der Waals surface area contributed by atoms with Crippen LogP contribution in [0, 0.1) is 25.2 Å². The van der Waals surface area contributed by atoms with E-state index in [0.29, 0.717) is 23.2 Å². The minimum Gasteiger partial charge on any atom is -0.273 e. The third-order valence-electron chi connectivity index (χ3n) is 4.28. The van der Waals surface area contributed by atoms with Crippen LogP contribution < -0.4 is 10.9 Å². The van der Waals surface area contributed by atoms with E-state index in [1.165, 1.54) is 6.20 Å². The Morgan fingerprint density at radius 2 is 1.93 bits per heavy atom. The van der Waals surface area contributed by atoms with E-state index < -0.39 is 0 Å². The van der Waals surface area contributed by atoms with Gasteiger partial charge in [-0.3, -0.25) is 20.4 Å². The smallest absolute Gasteiger partial charge is 0.269 e. The highest BCUT2D eigenvalue weighted by Crippen LogP contribution is 2.18. The third-order valence-corrected chi connectivity index (χ3v) is 4.28. The Balaban J connectivity index is 1.64. The standard InChI is InChI=1S/C19H18N6O2/c1-12-16(13(2)25-18(22-12)15(10-20)11-21-25)8-9-17(26)23-24-19(27)14-6-4-3-5-7-14/h3-7,11H,8-9H2,1-2H3,(H,23,26)(H,24,27). The van der Waals surface area contributed by atoms with Gasteiger partial charge in [0.15, 0.2) is 5.65 Å². The van der Waals surface area contributed by atoms with Gasteiger partial charge in [0.05, 0.1) is 6.20 Å². The summed E-state index contributed by atoms with van der Waals surface area (Å²) >= 11 is 0. The van der Waals surface area contributed by atoms with Crippen molar-refractivity contribution in [3.05, 3.63) is 64.6 Å². The van der Waals surface area contributed by atoms with Crippen LogP contribution in [0.5, 0.6) is 0 Å². The number of benzene rings is 1. The molecule has 0 radical (unpaired) electrons. The van der Waals surface area contributed by atoms with Crippen molar-refractivity contribution >= 4 is 17.5 Å². The first-order chi connectivity index (χ1) is 13.0. The molecule has 2 heterocycles. The van der Waals surface area contributed by atoms with Gasteiger partial charge in [0.1, 0.15) is 11.6 Å². The lowest BCUT2D eigenvalue weighted by atomic mass is 10.1. The zero-order valence-corrected chi connectivity index (χ0v) is 15.0. The summed E-state index contributed by atoms with van der Waals surface area (Å²) in [6.45, 7) is 3.71. The number of hydrazine groups is 1. The van der Waals surface area contributed by atoms with Gasteiger partial charge in [-0.05, 0) is 38.0 Å². The van der Waals surface area contributed by atoms with Crippen LogP contribution in [0.2, 0.25) is 0 Å². The summed E-state index contributed by atoms with van der Waals surface area (Å²) in [5.74, 6) is -0.684. The van der Waals surface area contributed by atoms with Crippen molar-refractivity contribution in [2.24, 2.45) is 0 Å². The number of nitriles is 1. The number of fused-ring (bicyclic) bond motifs is 1. The predicted molar refractivity (Wildman–Crippen MR) is 97.5 cm³/mol. The van der Waals surface area contributed by atoms with Crippen molar-refractivity contribution in [1.82, 2.24) is 25.4 Å². The van der Waals surface area contributed by atoms with E-state index in [-0.39, 0.29) is 18.2 Å². The fourth-order valence-electron chi connectivity index (χ4n) is 2.84. The Morgan fingerprint density at radius 3 is 2.63 bits per heavy atom. The zero-order chi connectivity index (χ0) is 19.4. The van der Waals surface area contributed by atoms with Crippen molar-refractivity contribution in [3.8, 4) is 6.07 Å². The van der Waals surface area contributed by atoms with Crippen LogP contribution in [-0.4, -0.2) is 26.4 Å².